The molecule has 1 aromatic rings. The second-order valence-corrected chi connectivity index (χ2v) is 6.26. The molecule has 0 bridgehead atoms. The van der Waals surface area contributed by atoms with Gasteiger partial charge in [0.25, 0.3) is 0 Å². The van der Waals surface area contributed by atoms with Crippen LogP contribution in [0, 0.1) is 0 Å². The molecule has 2 rings (SSSR count). The third-order valence-electron chi connectivity index (χ3n) is 3.51. The van der Waals surface area contributed by atoms with Crippen molar-refractivity contribution in [2.75, 3.05) is 26.7 Å². The minimum atomic E-state index is -0.577. The maximum atomic E-state index is 11.4. The fourth-order valence-corrected chi connectivity index (χ4v) is 2.67. The minimum absolute atomic E-state index is 0.187. The molecule has 6 heteroatoms. The van der Waals surface area contributed by atoms with Crippen LogP contribution in [0.3, 0.4) is 0 Å². The summed E-state index contributed by atoms with van der Waals surface area (Å²) in [5.41, 5.74) is 0. The van der Waals surface area contributed by atoms with E-state index in [1.54, 1.807) is 4.90 Å². The number of carbonyl (C=O) groups excluding carboxylic acids is 1. The van der Waals surface area contributed by atoms with Gasteiger partial charge in [-0.05, 0) is 24.6 Å². The summed E-state index contributed by atoms with van der Waals surface area (Å²) in [7, 11) is 1.81. The van der Waals surface area contributed by atoms with E-state index in [9.17, 15) is 9.90 Å². The number of hydrogen-bond donors (Lipinski definition) is 2. The van der Waals surface area contributed by atoms with Crippen LogP contribution in [0.2, 0.25) is 0 Å². The van der Waals surface area contributed by atoms with E-state index < -0.39 is 6.10 Å². The van der Waals surface area contributed by atoms with Crippen molar-refractivity contribution in [3.8, 4) is 5.75 Å². The molecule has 21 heavy (non-hydrogen) atoms. The Morgan fingerprint density at radius 1 is 1.57 bits per heavy atom. The highest BCUT2D eigenvalue weighted by molar-refractivity contribution is 9.10. The number of aliphatic hydroxyl groups is 1. The summed E-state index contributed by atoms with van der Waals surface area (Å²) in [4.78, 5) is 13.1. The lowest BCUT2D eigenvalue weighted by Crippen LogP contribution is -2.48. The number of ether oxygens (including phenoxy) is 1. The molecule has 1 aromatic carbocycles. The van der Waals surface area contributed by atoms with E-state index in [2.05, 4.69) is 21.2 Å². The molecule has 0 saturated carbocycles. The Kier molecular flexibility index (Phi) is 6.02. The Labute approximate surface area is 133 Å². The molecule has 2 N–H and O–H groups in total. The Morgan fingerprint density at radius 2 is 2.38 bits per heavy atom. The van der Waals surface area contributed by atoms with Gasteiger partial charge in [-0.25, -0.2) is 0 Å². The topological polar surface area (TPSA) is 61.8 Å². The molecule has 5 nitrogen and oxygen atoms in total. The lowest BCUT2D eigenvalue weighted by molar-refractivity contribution is -0.132. The number of piperidine rings is 1. The predicted octanol–water partition coefficient (Wildman–Crippen LogP) is 1.40. The van der Waals surface area contributed by atoms with Crippen LogP contribution in [0.1, 0.15) is 12.8 Å². The molecule has 1 saturated heterocycles. The van der Waals surface area contributed by atoms with E-state index in [0.717, 1.165) is 16.6 Å². The molecule has 0 radical (unpaired) electrons. The van der Waals surface area contributed by atoms with Gasteiger partial charge < -0.3 is 20.1 Å². The van der Waals surface area contributed by atoms with Crippen LogP contribution in [0.25, 0.3) is 0 Å². The monoisotopic (exact) mass is 356 g/mol. The number of likely N-dealkylation sites (N-methyl/N-ethyl adjacent to an activating group) is 1. The van der Waals surface area contributed by atoms with Gasteiger partial charge in [0, 0.05) is 37.1 Å². The third-order valence-corrected chi connectivity index (χ3v) is 4.00. The lowest BCUT2D eigenvalue weighted by Gasteiger charge is -2.30. The van der Waals surface area contributed by atoms with E-state index in [1.807, 2.05) is 31.3 Å². The molecule has 1 heterocycles. The molecule has 116 valence electrons. The van der Waals surface area contributed by atoms with E-state index in [4.69, 9.17) is 4.74 Å². The summed E-state index contributed by atoms with van der Waals surface area (Å²) in [6.07, 6.45) is 0.813. The van der Waals surface area contributed by atoms with E-state index in [-0.39, 0.29) is 18.6 Å². The number of benzene rings is 1. The summed E-state index contributed by atoms with van der Waals surface area (Å²) in [5, 5.41) is 13.2. The summed E-state index contributed by atoms with van der Waals surface area (Å²) >= 11 is 3.38. The molecule has 0 aliphatic carbocycles. The average molecular weight is 357 g/mol. The van der Waals surface area contributed by atoms with Gasteiger partial charge in [-0.1, -0.05) is 22.0 Å². The van der Waals surface area contributed by atoms with Crippen LogP contribution < -0.4 is 10.1 Å². The molecular weight excluding hydrogens is 336 g/mol. The van der Waals surface area contributed by atoms with Crippen LogP contribution in [0.4, 0.5) is 0 Å². The Morgan fingerprint density at radius 3 is 3.10 bits per heavy atom. The summed E-state index contributed by atoms with van der Waals surface area (Å²) in [5.74, 6) is 0.915. The van der Waals surface area contributed by atoms with Crippen molar-refractivity contribution >= 4 is 21.8 Å². The van der Waals surface area contributed by atoms with Gasteiger partial charge in [-0.2, -0.15) is 0 Å². The Bertz CT molecular complexity index is 484. The largest absolute Gasteiger partial charge is 0.491 e. The molecule has 0 aromatic heterocycles. The molecule has 2 atom stereocenters. The summed E-state index contributed by atoms with van der Waals surface area (Å²) in [6.45, 7) is 1.39. The SMILES string of the molecule is CN1CC(NCC(O)COc2cccc(Br)c2)CCC1=O. The fourth-order valence-electron chi connectivity index (χ4n) is 2.29. The zero-order valence-electron chi connectivity index (χ0n) is 12.1. The first-order chi connectivity index (χ1) is 10.0. The lowest BCUT2D eigenvalue weighted by atomic mass is 10.1. The highest BCUT2D eigenvalue weighted by Crippen LogP contribution is 2.17. The molecule has 1 amide bonds. The third kappa shape index (κ3) is 5.30. The molecule has 1 aliphatic heterocycles. The van der Waals surface area contributed by atoms with E-state index >= 15 is 0 Å². The molecule has 1 fully saturated rings. The predicted molar refractivity (Wildman–Crippen MR) is 84.3 cm³/mol. The van der Waals surface area contributed by atoms with Crippen LogP contribution in [0.5, 0.6) is 5.75 Å². The Balaban J connectivity index is 1.68. The minimum Gasteiger partial charge on any atom is -0.491 e. The summed E-state index contributed by atoms with van der Waals surface area (Å²) in [6, 6.07) is 7.77. The number of hydrogen-bond acceptors (Lipinski definition) is 4. The van der Waals surface area contributed by atoms with Gasteiger partial charge in [0.05, 0.1) is 0 Å². The standard InChI is InChI=1S/C15H21BrN2O3/c1-18-9-12(5-6-15(18)20)17-8-13(19)10-21-14-4-2-3-11(16)7-14/h2-4,7,12-13,17,19H,5-6,8-10H2,1H3. The quantitative estimate of drug-likeness (QED) is 0.808. The van der Waals surface area contributed by atoms with Gasteiger partial charge in [0.2, 0.25) is 5.91 Å². The molecule has 1 aliphatic rings. The number of halogens is 1. The van der Waals surface area contributed by atoms with Crippen molar-refractivity contribution in [2.45, 2.75) is 25.0 Å². The van der Waals surface area contributed by atoms with E-state index in [0.29, 0.717) is 19.5 Å². The van der Waals surface area contributed by atoms with Crippen molar-refractivity contribution < 1.29 is 14.6 Å². The molecule has 2 unspecified atom stereocenters. The normalized spacial score (nSPS) is 20.4. The van der Waals surface area contributed by atoms with Crippen molar-refractivity contribution in [1.29, 1.82) is 0 Å². The second-order valence-electron chi connectivity index (χ2n) is 5.34. The van der Waals surface area contributed by atoms with Crippen molar-refractivity contribution in [3.63, 3.8) is 0 Å². The van der Waals surface area contributed by atoms with E-state index in [1.165, 1.54) is 0 Å². The van der Waals surface area contributed by atoms with Crippen LogP contribution in [0.15, 0.2) is 28.7 Å². The van der Waals surface area contributed by atoms with Gasteiger partial charge in [-0.3, -0.25) is 4.79 Å². The number of rotatable bonds is 6. The number of likely N-dealkylation sites (tertiary alicyclic amines) is 1. The molecular formula is C15H21BrN2O3. The second kappa shape index (κ2) is 7.77. The van der Waals surface area contributed by atoms with Gasteiger partial charge >= 0.3 is 0 Å². The van der Waals surface area contributed by atoms with Crippen LogP contribution in [-0.2, 0) is 4.79 Å². The number of carbonyl (C=O) groups is 1. The van der Waals surface area contributed by atoms with Crippen molar-refractivity contribution in [1.82, 2.24) is 10.2 Å². The zero-order valence-corrected chi connectivity index (χ0v) is 13.7. The molecule has 0 spiro atoms. The number of aliphatic hydroxyl groups excluding tert-OH is 1. The van der Waals surface area contributed by atoms with Gasteiger partial charge in [0.1, 0.15) is 18.5 Å². The maximum absolute atomic E-state index is 11.4. The van der Waals surface area contributed by atoms with Crippen LogP contribution >= 0.6 is 15.9 Å². The van der Waals surface area contributed by atoms with Crippen molar-refractivity contribution in [3.05, 3.63) is 28.7 Å². The number of nitrogens with zero attached hydrogens (tertiary/aromatic N) is 1. The summed E-state index contributed by atoms with van der Waals surface area (Å²) < 4.78 is 6.49. The van der Waals surface area contributed by atoms with Crippen molar-refractivity contribution in [2.24, 2.45) is 0 Å². The first kappa shape index (κ1) is 16.3. The smallest absolute Gasteiger partial charge is 0.222 e. The van der Waals surface area contributed by atoms with Gasteiger partial charge in [0.15, 0.2) is 0 Å². The number of nitrogens with one attached hydrogen (secondary N) is 1. The average Bonchev–Trinajstić information content (AvgIpc) is 2.46. The first-order valence-electron chi connectivity index (χ1n) is 7.08. The highest BCUT2D eigenvalue weighted by Gasteiger charge is 2.22. The van der Waals surface area contributed by atoms with Gasteiger partial charge in [-0.15, -0.1) is 0 Å². The maximum Gasteiger partial charge on any atom is 0.222 e. The first-order valence-corrected chi connectivity index (χ1v) is 7.87. The zero-order chi connectivity index (χ0) is 15.2. The van der Waals surface area contributed by atoms with Crippen LogP contribution in [-0.4, -0.2) is 54.8 Å². The number of amides is 1. The highest BCUT2D eigenvalue weighted by atomic mass is 79.9. The Hall–Kier alpha value is -1.11. The fraction of sp³-hybridized carbons (Fsp3) is 0.533.